The Morgan fingerprint density at radius 2 is 1.72 bits per heavy atom. The van der Waals surface area contributed by atoms with Gasteiger partial charge in [0.25, 0.3) is 15.9 Å². The average Bonchev–Trinajstić information content (AvgIpc) is 2.77. The Kier molecular flexibility index (Phi) is 5.93. The van der Waals surface area contributed by atoms with Crippen molar-refractivity contribution in [1.82, 2.24) is 4.83 Å². The number of fused-ring (bicyclic) bond motifs is 1. The lowest BCUT2D eigenvalue weighted by Gasteiger charge is -2.08. The molecule has 0 aliphatic rings. The van der Waals surface area contributed by atoms with Crippen LogP contribution in [-0.4, -0.2) is 14.3 Å². The van der Waals surface area contributed by atoms with Crippen LogP contribution in [0.1, 0.15) is 10.4 Å². The van der Waals surface area contributed by atoms with Crippen molar-refractivity contribution >= 4 is 44.2 Å². The fraction of sp³-hybridized carbons (Fsp3) is 0. The highest BCUT2D eigenvalue weighted by Gasteiger charge is 2.16. The van der Waals surface area contributed by atoms with E-state index in [1.165, 1.54) is 48.5 Å². The highest BCUT2D eigenvalue weighted by molar-refractivity contribution is 7.89. The molecule has 0 atom stereocenters. The number of rotatable bonds is 5. The lowest BCUT2D eigenvalue weighted by atomic mass is 10.1. The van der Waals surface area contributed by atoms with Crippen LogP contribution in [0.25, 0.3) is 11.0 Å². The molecule has 0 saturated heterocycles. The van der Waals surface area contributed by atoms with E-state index in [1.807, 2.05) is 0 Å². The normalized spacial score (nSPS) is 12.0. The summed E-state index contributed by atoms with van der Waals surface area (Å²) in [6, 6.07) is 19.2. The van der Waals surface area contributed by atoms with Crippen molar-refractivity contribution in [3.63, 3.8) is 0 Å². The Balaban J connectivity index is 1.75. The van der Waals surface area contributed by atoms with Gasteiger partial charge in [0, 0.05) is 16.1 Å². The van der Waals surface area contributed by atoms with Crippen LogP contribution in [0.3, 0.4) is 0 Å². The smallest absolute Gasteiger partial charge is 0.276 e. The molecule has 2 N–H and O–H groups in total. The van der Waals surface area contributed by atoms with Crippen molar-refractivity contribution in [2.45, 2.75) is 4.90 Å². The first-order valence-corrected chi connectivity index (χ1v) is 11.1. The maximum Gasteiger partial charge on any atom is 0.276 e. The van der Waals surface area contributed by atoms with E-state index < -0.39 is 21.7 Å². The van der Waals surface area contributed by atoms with Crippen LogP contribution in [0.4, 0.5) is 10.1 Å². The lowest BCUT2D eigenvalue weighted by Crippen LogP contribution is -2.27. The second-order valence-corrected chi connectivity index (χ2v) is 8.73. The number of nitrogens with zero attached hydrogens (tertiary/aromatic N) is 1. The number of nitrogens with one attached hydrogen (secondary N) is 2. The maximum absolute atomic E-state index is 13.5. The molecule has 4 aromatic rings. The lowest BCUT2D eigenvalue weighted by molar-refractivity contribution is 0.102. The molecule has 1 heterocycles. The topological polar surface area (TPSA) is 101 Å². The number of amides is 1. The van der Waals surface area contributed by atoms with E-state index in [9.17, 15) is 17.6 Å². The van der Waals surface area contributed by atoms with Crippen molar-refractivity contribution in [2.24, 2.45) is 5.10 Å². The fourth-order valence-electron chi connectivity index (χ4n) is 2.85. The number of carbonyl (C=O) groups is 1. The van der Waals surface area contributed by atoms with Gasteiger partial charge in [-0.3, -0.25) is 4.79 Å². The molecule has 1 amide bonds. The quantitative estimate of drug-likeness (QED) is 0.424. The molecule has 0 unspecified atom stereocenters. The van der Waals surface area contributed by atoms with Gasteiger partial charge in [0.2, 0.25) is 5.55 Å². The number of hydrogen-bond acceptors (Lipinski definition) is 5. The second kappa shape index (κ2) is 8.81. The van der Waals surface area contributed by atoms with E-state index in [-0.39, 0.29) is 21.7 Å². The Labute approximate surface area is 187 Å². The van der Waals surface area contributed by atoms with E-state index in [4.69, 9.17) is 16.0 Å². The molecule has 0 spiro atoms. The Hall–Kier alpha value is -3.69. The monoisotopic (exact) mass is 471 g/mol. The zero-order valence-electron chi connectivity index (χ0n) is 16.2. The molecular formula is C22H15ClFN3O4S. The Morgan fingerprint density at radius 1 is 0.969 bits per heavy atom. The van der Waals surface area contributed by atoms with E-state index >= 15 is 0 Å². The second-order valence-electron chi connectivity index (χ2n) is 6.63. The summed E-state index contributed by atoms with van der Waals surface area (Å²) in [5.41, 5.74) is 0.289. The van der Waals surface area contributed by atoms with Crippen molar-refractivity contribution in [1.29, 1.82) is 0 Å². The predicted molar refractivity (Wildman–Crippen MR) is 118 cm³/mol. The molecule has 10 heteroatoms. The number of halogens is 2. The highest BCUT2D eigenvalue weighted by Crippen LogP contribution is 2.16. The van der Waals surface area contributed by atoms with Gasteiger partial charge in [0.05, 0.1) is 4.90 Å². The minimum atomic E-state index is -4.05. The third-order valence-corrected chi connectivity index (χ3v) is 5.85. The van der Waals surface area contributed by atoms with Crippen LogP contribution in [0.5, 0.6) is 0 Å². The van der Waals surface area contributed by atoms with Gasteiger partial charge in [0.15, 0.2) is 0 Å². The SMILES string of the molecule is O=C(Nc1cccc(F)c1)c1cc2ccccc2o/c1=N\NS(=O)(=O)c1ccc(Cl)cc1. The largest absolute Gasteiger partial charge is 0.436 e. The Bertz CT molecular complexity index is 1490. The summed E-state index contributed by atoms with van der Waals surface area (Å²) in [6.07, 6.45) is 0. The molecule has 0 aliphatic heterocycles. The summed E-state index contributed by atoms with van der Waals surface area (Å²) in [5, 5.41) is 7.35. The minimum Gasteiger partial charge on any atom is -0.436 e. The molecule has 1 aromatic heterocycles. The maximum atomic E-state index is 13.5. The number of benzene rings is 3. The molecule has 0 radical (unpaired) electrons. The number of para-hydroxylation sites is 1. The van der Waals surface area contributed by atoms with Crippen LogP contribution in [0, 0.1) is 5.82 Å². The summed E-state index contributed by atoms with van der Waals surface area (Å²) in [7, 11) is -4.05. The van der Waals surface area contributed by atoms with Gasteiger partial charge >= 0.3 is 0 Å². The van der Waals surface area contributed by atoms with Gasteiger partial charge in [-0.05, 0) is 54.6 Å². The number of carbonyl (C=O) groups excluding carboxylic acids is 1. The summed E-state index contributed by atoms with van der Waals surface area (Å²) >= 11 is 5.80. The molecule has 0 fully saturated rings. The molecule has 0 bridgehead atoms. The summed E-state index contributed by atoms with van der Waals surface area (Å²) < 4.78 is 44.3. The first-order chi connectivity index (χ1) is 15.3. The zero-order chi connectivity index (χ0) is 22.7. The average molecular weight is 472 g/mol. The highest BCUT2D eigenvalue weighted by atomic mass is 35.5. The number of anilines is 1. The van der Waals surface area contributed by atoms with Crippen molar-refractivity contribution in [3.8, 4) is 0 Å². The van der Waals surface area contributed by atoms with Gasteiger partial charge in [-0.15, -0.1) is 5.10 Å². The summed E-state index contributed by atoms with van der Waals surface area (Å²) in [4.78, 5) is 14.9. The van der Waals surface area contributed by atoms with E-state index in [2.05, 4.69) is 15.2 Å². The number of sulfonamides is 1. The molecule has 3 aromatic carbocycles. The van der Waals surface area contributed by atoms with Gasteiger partial charge in [-0.1, -0.05) is 35.9 Å². The zero-order valence-corrected chi connectivity index (χ0v) is 17.8. The summed E-state index contributed by atoms with van der Waals surface area (Å²) in [6.45, 7) is 0. The van der Waals surface area contributed by atoms with E-state index in [1.54, 1.807) is 24.3 Å². The fourth-order valence-corrected chi connectivity index (χ4v) is 3.78. The first-order valence-electron chi connectivity index (χ1n) is 9.23. The Morgan fingerprint density at radius 3 is 2.47 bits per heavy atom. The molecule has 32 heavy (non-hydrogen) atoms. The molecule has 7 nitrogen and oxygen atoms in total. The molecule has 0 saturated carbocycles. The van der Waals surface area contributed by atoms with Crippen LogP contribution in [0.15, 0.2) is 93.3 Å². The standard InChI is InChI=1S/C22H15ClFN3O4S/c23-15-8-10-18(11-9-15)32(29,30)27-26-22-19(12-14-4-1-2-7-20(14)31-22)21(28)25-17-6-3-5-16(24)13-17/h1-13,27H,(H,25,28)/b26-22-. The van der Waals surface area contributed by atoms with Gasteiger partial charge in [-0.2, -0.15) is 13.2 Å². The van der Waals surface area contributed by atoms with Crippen molar-refractivity contribution < 1.29 is 22.0 Å². The van der Waals surface area contributed by atoms with Crippen molar-refractivity contribution in [2.75, 3.05) is 5.32 Å². The van der Waals surface area contributed by atoms with E-state index in [0.29, 0.717) is 16.0 Å². The molecular weight excluding hydrogens is 457 g/mol. The minimum absolute atomic E-state index is 0.0493. The third kappa shape index (κ3) is 4.79. The molecule has 0 aliphatic carbocycles. The predicted octanol–water partition coefficient (Wildman–Crippen LogP) is 4.27. The molecule has 162 valence electrons. The number of hydrogen-bond donors (Lipinski definition) is 2. The molecule has 4 rings (SSSR count). The summed E-state index contributed by atoms with van der Waals surface area (Å²) in [5.74, 6) is -1.18. The van der Waals surface area contributed by atoms with Crippen LogP contribution in [-0.2, 0) is 10.0 Å². The van der Waals surface area contributed by atoms with Crippen LogP contribution in [0.2, 0.25) is 5.02 Å². The van der Waals surface area contributed by atoms with Gasteiger partial charge in [0.1, 0.15) is 17.0 Å². The third-order valence-electron chi connectivity index (χ3n) is 4.37. The van der Waals surface area contributed by atoms with Gasteiger partial charge in [-0.25, -0.2) is 4.39 Å². The van der Waals surface area contributed by atoms with Crippen LogP contribution < -0.4 is 15.7 Å². The van der Waals surface area contributed by atoms with Crippen LogP contribution >= 0.6 is 11.6 Å². The van der Waals surface area contributed by atoms with Gasteiger partial charge < -0.3 is 9.73 Å². The van der Waals surface area contributed by atoms with E-state index in [0.717, 1.165) is 6.07 Å². The first kappa shape index (κ1) is 21.5. The van der Waals surface area contributed by atoms with Crippen molar-refractivity contribution in [3.05, 3.63) is 101 Å².